The van der Waals surface area contributed by atoms with Crippen molar-refractivity contribution in [1.82, 2.24) is 14.8 Å². The average Bonchev–Trinajstić information content (AvgIpc) is 2.64. The molecule has 2 aromatic rings. The molecule has 0 radical (unpaired) electrons. The Balaban J connectivity index is 2.01. The van der Waals surface area contributed by atoms with E-state index in [1.807, 2.05) is 12.1 Å². The number of nitrogens with one attached hydrogen (secondary N) is 1. The third-order valence-electron chi connectivity index (χ3n) is 2.22. The first-order chi connectivity index (χ1) is 8.15. The number of hydrogen-bond acceptors (Lipinski definition) is 3. The summed E-state index contributed by atoms with van der Waals surface area (Å²) in [6.45, 7) is 0. The smallest absolute Gasteiger partial charge is 0.231 e. The number of benzene rings is 1. The second kappa shape index (κ2) is 4.97. The zero-order valence-corrected chi connectivity index (χ0v) is 9.98. The molecule has 0 aliphatic heterocycles. The van der Waals surface area contributed by atoms with Gasteiger partial charge in [0, 0.05) is 12.1 Å². The van der Waals surface area contributed by atoms with Crippen LogP contribution >= 0.6 is 11.6 Å². The van der Waals surface area contributed by atoms with Crippen LogP contribution in [0.1, 0.15) is 5.56 Å². The molecule has 0 atom stereocenters. The highest BCUT2D eigenvalue weighted by atomic mass is 35.5. The number of aromatic nitrogens is 3. The van der Waals surface area contributed by atoms with Gasteiger partial charge in [0.05, 0.1) is 6.42 Å². The highest BCUT2D eigenvalue weighted by Gasteiger charge is 2.07. The first-order valence-electron chi connectivity index (χ1n) is 5.03. The summed E-state index contributed by atoms with van der Waals surface area (Å²) in [4.78, 5) is 15.6. The Bertz CT molecular complexity index is 538. The van der Waals surface area contributed by atoms with Crippen LogP contribution in [-0.4, -0.2) is 20.7 Å². The maximum atomic E-state index is 11.7. The number of carbonyl (C=O) groups is 1. The molecule has 0 unspecified atom stereocenters. The average molecular weight is 251 g/mol. The van der Waals surface area contributed by atoms with Gasteiger partial charge in [-0.15, -0.1) is 0 Å². The first kappa shape index (κ1) is 11.6. The number of anilines is 1. The van der Waals surface area contributed by atoms with E-state index >= 15 is 0 Å². The largest absolute Gasteiger partial charge is 0.294 e. The molecular weight excluding hydrogens is 240 g/mol. The predicted octanol–water partition coefficient (Wildman–Crippen LogP) is 1.65. The fourth-order valence-corrected chi connectivity index (χ4v) is 1.62. The summed E-state index contributed by atoms with van der Waals surface area (Å²) in [5.41, 5.74) is 0.858. The van der Waals surface area contributed by atoms with Gasteiger partial charge in [-0.25, -0.2) is 4.68 Å². The molecule has 0 saturated heterocycles. The zero-order chi connectivity index (χ0) is 12.3. The molecule has 0 spiro atoms. The number of hydrogen-bond donors (Lipinski definition) is 1. The molecule has 1 N–H and O–H groups in total. The summed E-state index contributed by atoms with van der Waals surface area (Å²) in [7, 11) is 1.71. The van der Waals surface area contributed by atoms with Gasteiger partial charge in [0.15, 0.2) is 0 Å². The van der Waals surface area contributed by atoms with E-state index in [-0.39, 0.29) is 12.3 Å². The summed E-state index contributed by atoms with van der Waals surface area (Å²) in [5, 5.41) is 7.15. The molecule has 1 amide bonds. The quantitative estimate of drug-likeness (QED) is 0.901. The number of amides is 1. The van der Waals surface area contributed by atoms with E-state index in [2.05, 4.69) is 15.4 Å². The topological polar surface area (TPSA) is 59.8 Å². The van der Waals surface area contributed by atoms with E-state index in [0.717, 1.165) is 5.56 Å². The van der Waals surface area contributed by atoms with Crippen LogP contribution in [0.2, 0.25) is 5.02 Å². The van der Waals surface area contributed by atoms with Gasteiger partial charge in [0.25, 0.3) is 0 Å². The van der Waals surface area contributed by atoms with Crippen LogP contribution < -0.4 is 5.32 Å². The fraction of sp³-hybridized carbons (Fsp3) is 0.182. The minimum Gasteiger partial charge on any atom is -0.294 e. The van der Waals surface area contributed by atoms with E-state index in [9.17, 15) is 4.79 Å². The maximum absolute atomic E-state index is 11.7. The van der Waals surface area contributed by atoms with Gasteiger partial charge >= 0.3 is 0 Å². The molecule has 1 heterocycles. The molecule has 0 aliphatic carbocycles. The van der Waals surface area contributed by atoms with Crippen LogP contribution in [-0.2, 0) is 18.3 Å². The summed E-state index contributed by atoms with van der Waals surface area (Å²) in [6, 6.07) is 7.19. The molecule has 0 fully saturated rings. The Morgan fingerprint density at radius 2 is 2.35 bits per heavy atom. The second-order valence-corrected chi connectivity index (χ2v) is 4.00. The molecule has 6 heteroatoms. The number of halogens is 1. The summed E-state index contributed by atoms with van der Waals surface area (Å²) >= 11 is 5.84. The van der Waals surface area contributed by atoms with Crippen molar-refractivity contribution in [3.63, 3.8) is 0 Å². The Labute approximate surface area is 103 Å². The van der Waals surface area contributed by atoms with Crippen molar-refractivity contribution in [3.05, 3.63) is 41.2 Å². The van der Waals surface area contributed by atoms with Crippen molar-refractivity contribution in [2.75, 3.05) is 5.32 Å². The third kappa shape index (κ3) is 3.04. The van der Waals surface area contributed by atoms with E-state index in [0.29, 0.717) is 11.0 Å². The van der Waals surface area contributed by atoms with E-state index in [4.69, 9.17) is 11.6 Å². The number of aryl methyl sites for hydroxylation is 1. The van der Waals surface area contributed by atoms with Gasteiger partial charge < -0.3 is 0 Å². The van der Waals surface area contributed by atoms with Crippen molar-refractivity contribution >= 4 is 23.5 Å². The van der Waals surface area contributed by atoms with Crippen molar-refractivity contribution in [3.8, 4) is 0 Å². The maximum Gasteiger partial charge on any atom is 0.231 e. The molecular formula is C11H11ClN4O. The van der Waals surface area contributed by atoms with Gasteiger partial charge in [0.2, 0.25) is 11.9 Å². The lowest BCUT2D eigenvalue weighted by Crippen LogP contribution is -2.17. The number of rotatable bonds is 3. The highest BCUT2D eigenvalue weighted by molar-refractivity contribution is 6.30. The van der Waals surface area contributed by atoms with Gasteiger partial charge in [-0.1, -0.05) is 23.7 Å². The third-order valence-corrected chi connectivity index (χ3v) is 2.45. The zero-order valence-electron chi connectivity index (χ0n) is 9.22. The molecule has 5 nitrogen and oxygen atoms in total. The summed E-state index contributed by atoms with van der Waals surface area (Å²) in [6.07, 6.45) is 1.64. The van der Waals surface area contributed by atoms with E-state index in [1.54, 1.807) is 19.2 Å². The van der Waals surface area contributed by atoms with Crippen LogP contribution in [0.5, 0.6) is 0 Å². The van der Waals surface area contributed by atoms with Crippen molar-refractivity contribution in [1.29, 1.82) is 0 Å². The van der Waals surface area contributed by atoms with E-state index in [1.165, 1.54) is 11.0 Å². The van der Waals surface area contributed by atoms with Gasteiger partial charge in [-0.2, -0.15) is 10.1 Å². The van der Waals surface area contributed by atoms with Crippen molar-refractivity contribution in [2.24, 2.45) is 7.05 Å². The van der Waals surface area contributed by atoms with Crippen LogP contribution in [0, 0.1) is 0 Å². The van der Waals surface area contributed by atoms with Gasteiger partial charge in [-0.3, -0.25) is 10.1 Å². The lowest BCUT2D eigenvalue weighted by atomic mass is 10.1. The van der Waals surface area contributed by atoms with Crippen LogP contribution in [0.3, 0.4) is 0 Å². The lowest BCUT2D eigenvalue weighted by molar-refractivity contribution is -0.115. The summed E-state index contributed by atoms with van der Waals surface area (Å²) < 4.78 is 1.50. The SMILES string of the molecule is Cn1ncnc1NC(=O)Cc1cccc(Cl)c1. The molecule has 0 aliphatic rings. The fourth-order valence-electron chi connectivity index (χ4n) is 1.41. The van der Waals surface area contributed by atoms with Gasteiger partial charge in [0.1, 0.15) is 6.33 Å². The minimum atomic E-state index is -0.150. The molecule has 2 rings (SSSR count). The first-order valence-corrected chi connectivity index (χ1v) is 5.41. The number of nitrogens with zero attached hydrogens (tertiary/aromatic N) is 3. The van der Waals surface area contributed by atoms with E-state index < -0.39 is 0 Å². The Hall–Kier alpha value is -1.88. The monoisotopic (exact) mass is 250 g/mol. The Morgan fingerprint density at radius 1 is 1.53 bits per heavy atom. The van der Waals surface area contributed by atoms with Crippen molar-refractivity contribution in [2.45, 2.75) is 6.42 Å². The van der Waals surface area contributed by atoms with Crippen LogP contribution in [0.4, 0.5) is 5.95 Å². The molecule has 0 bridgehead atoms. The second-order valence-electron chi connectivity index (χ2n) is 3.56. The normalized spacial score (nSPS) is 10.2. The Morgan fingerprint density at radius 3 is 3.00 bits per heavy atom. The van der Waals surface area contributed by atoms with Gasteiger partial charge in [-0.05, 0) is 17.7 Å². The lowest BCUT2D eigenvalue weighted by Gasteiger charge is -2.04. The molecule has 1 aromatic carbocycles. The standard InChI is InChI=1S/C11H11ClN4O/c1-16-11(13-7-14-16)15-10(17)6-8-3-2-4-9(12)5-8/h2-5,7H,6H2,1H3,(H,13,14,15,17). The highest BCUT2D eigenvalue weighted by Crippen LogP contribution is 2.11. The molecule has 17 heavy (non-hydrogen) atoms. The van der Waals surface area contributed by atoms with Crippen LogP contribution in [0.25, 0.3) is 0 Å². The molecule has 88 valence electrons. The minimum absolute atomic E-state index is 0.150. The van der Waals surface area contributed by atoms with Crippen molar-refractivity contribution < 1.29 is 4.79 Å². The molecule has 1 aromatic heterocycles. The van der Waals surface area contributed by atoms with Crippen LogP contribution in [0.15, 0.2) is 30.6 Å². The summed E-state index contributed by atoms with van der Waals surface area (Å²) in [5.74, 6) is 0.278. The number of carbonyl (C=O) groups excluding carboxylic acids is 1. The molecule has 0 saturated carbocycles. The predicted molar refractivity (Wildman–Crippen MR) is 64.8 cm³/mol. The Kier molecular flexibility index (Phi) is 3.39.